The van der Waals surface area contributed by atoms with Crippen LogP contribution in [0.1, 0.15) is 79.7 Å². The van der Waals surface area contributed by atoms with Gasteiger partial charge in [-0.15, -0.1) is 0 Å². The van der Waals surface area contributed by atoms with Gasteiger partial charge >= 0.3 is 12.1 Å². The van der Waals surface area contributed by atoms with E-state index in [9.17, 15) is 24.3 Å². The molecule has 0 spiro atoms. The number of nitrogens with zero attached hydrogens (tertiary/aromatic N) is 2. The normalized spacial score (nSPS) is 37.6. The van der Waals surface area contributed by atoms with E-state index in [4.69, 9.17) is 23.7 Å². The molecule has 1 unspecified atom stereocenters. The molecule has 2 aromatic rings. The predicted octanol–water partition coefficient (Wildman–Crippen LogP) is 4.45. The highest BCUT2D eigenvalue weighted by Crippen LogP contribution is 2.40. The fourth-order valence-electron chi connectivity index (χ4n) is 8.67. The molecule has 2 N–H and O–H groups in total. The van der Waals surface area contributed by atoms with Crippen molar-refractivity contribution >= 4 is 34.5 Å². The molecule has 0 aliphatic carbocycles. The number of para-hydroxylation sites is 1. The van der Waals surface area contributed by atoms with Crippen LogP contribution in [-0.2, 0) is 38.1 Å². The van der Waals surface area contributed by atoms with Crippen molar-refractivity contribution in [3.8, 4) is 11.8 Å². The minimum absolute atomic E-state index is 0.101. The van der Waals surface area contributed by atoms with E-state index in [1.165, 1.54) is 7.11 Å². The molecule has 13 nitrogen and oxygen atoms in total. The average Bonchev–Trinajstić information content (AvgIpc) is 3.47. The smallest absolute Gasteiger partial charge is 0.408 e. The number of carbonyl (C=O) groups excluding carboxylic acids is 4. The lowest BCUT2D eigenvalue weighted by Gasteiger charge is -2.47. The van der Waals surface area contributed by atoms with Crippen LogP contribution >= 0.6 is 0 Å². The summed E-state index contributed by atoms with van der Waals surface area (Å²) >= 11 is 0. The summed E-state index contributed by atoms with van der Waals surface area (Å²) in [5.41, 5.74) is -1.32. The molecule has 300 valence electrons. The number of cyclic esters (lactones) is 1. The van der Waals surface area contributed by atoms with Gasteiger partial charge in [0.25, 0.3) is 0 Å². The van der Waals surface area contributed by atoms with Crippen LogP contribution in [0, 0.1) is 35.5 Å². The molecule has 5 rings (SSSR count). The number of aliphatic hydroxyl groups is 1. The summed E-state index contributed by atoms with van der Waals surface area (Å²) in [5.74, 6) is 0.675. The molecule has 3 aliphatic heterocycles. The lowest BCUT2D eigenvalue weighted by Crippen LogP contribution is -2.60. The van der Waals surface area contributed by atoms with Gasteiger partial charge in [-0.05, 0) is 66.3 Å². The number of benzene rings is 1. The highest BCUT2D eigenvalue weighted by atomic mass is 16.7. The largest absolute Gasteiger partial charge is 0.457 e. The molecule has 4 heterocycles. The van der Waals surface area contributed by atoms with E-state index < -0.39 is 83.4 Å². The highest BCUT2D eigenvalue weighted by Gasteiger charge is 2.57. The number of esters is 1. The molecule has 1 aromatic heterocycles. The summed E-state index contributed by atoms with van der Waals surface area (Å²) < 4.78 is 30.9. The van der Waals surface area contributed by atoms with Gasteiger partial charge in [-0.3, -0.25) is 19.4 Å². The van der Waals surface area contributed by atoms with Crippen molar-refractivity contribution in [2.45, 2.75) is 128 Å². The Morgan fingerprint density at radius 2 is 1.76 bits per heavy atom. The van der Waals surface area contributed by atoms with E-state index in [2.05, 4.69) is 22.1 Å². The third-order valence-corrected chi connectivity index (χ3v) is 11.9. The first kappa shape index (κ1) is 42.2. The number of fused-ring (bicyclic) bond motifs is 2. The van der Waals surface area contributed by atoms with Crippen molar-refractivity contribution in [2.75, 3.05) is 21.2 Å². The van der Waals surface area contributed by atoms with E-state index in [1.54, 1.807) is 47.7 Å². The van der Waals surface area contributed by atoms with Gasteiger partial charge in [0, 0.05) is 54.5 Å². The minimum atomic E-state index is -1.42. The Kier molecular flexibility index (Phi) is 13.1. The van der Waals surface area contributed by atoms with Crippen LogP contribution in [0.4, 0.5) is 4.79 Å². The number of carbonyl (C=O) groups is 4. The maximum atomic E-state index is 14.9. The Hall–Kier alpha value is -3.93. The third kappa shape index (κ3) is 8.74. The van der Waals surface area contributed by atoms with Gasteiger partial charge < -0.3 is 39.0 Å². The summed E-state index contributed by atoms with van der Waals surface area (Å²) in [7, 11) is 5.20. The number of likely N-dealkylation sites (N-methyl/N-ethyl adjacent to an activating group) is 1. The van der Waals surface area contributed by atoms with Crippen LogP contribution < -0.4 is 5.32 Å². The molecule has 0 radical (unpaired) electrons. The van der Waals surface area contributed by atoms with Crippen LogP contribution in [0.5, 0.6) is 0 Å². The number of aromatic nitrogens is 1. The number of rotatable bonds is 6. The fraction of sp³-hybridized carbons (Fsp3) is 0.643. The first-order chi connectivity index (χ1) is 25.9. The first-order valence-corrected chi connectivity index (χ1v) is 19.3. The lowest BCUT2D eigenvalue weighted by atomic mass is 9.73. The first-order valence-electron chi connectivity index (χ1n) is 19.3. The number of Topliss-reactive ketones (excluding diaryl/α,β-unsaturated/α-hetero) is 2. The number of aliphatic hydroxyl groups excluding tert-OH is 1. The second kappa shape index (κ2) is 17.1. The van der Waals surface area contributed by atoms with Crippen LogP contribution in [-0.4, -0.2) is 114 Å². The molecular weight excluding hydrogens is 706 g/mol. The molecule has 3 aliphatic rings. The molecular formula is C42H57N3O10. The summed E-state index contributed by atoms with van der Waals surface area (Å²) in [5, 5.41) is 15.2. The Bertz CT molecular complexity index is 1810. The summed E-state index contributed by atoms with van der Waals surface area (Å²) in [6, 6.07) is 8.35. The van der Waals surface area contributed by atoms with Crippen molar-refractivity contribution < 1.29 is 48.0 Å². The molecule has 1 amide bonds. The van der Waals surface area contributed by atoms with Gasteiger partial charge in [0.2, 0.25) is 0 Å². The number of nitrogens with one attached hydrogen (secondary N) is 1. The van der Waals surface area contributed by atoms with Crippen molar-refractivity contribution in [1.82, 2.24) is 15.2 Å². The maximum Gasteiger partial charge on any atom is 0.408 e. The van der Waals surface area contributed by atoms with Crippen molar-refractivity contribution in [3.05, 3.63) is 42.1 Å². The van der Waals surface area contributed by atoms with E-state index >= 15 is 0 Å². The van der Waals surface area contributed by atoms with Gasteiger partial charge in [0.15, 0.2) is 17.7 Å². The van der Waals surface area contributed by atoms with Gasteiger partial charge in [-0.1, -0.05) is 57.7 Å². The fourth-order valence-corrected chi connectivity index (χ4v) is 8.67. The van der Waals surface area contributed by atoms with Gasteiger partial charge in [-0.25, -0.2) is 4.79 Å². The van der Waals surface area contributed by atoms with E-state index in [0.29, 0.717) is 12.0 Å². The van der Waals surface area contributed by atoms with Crippen molar-refractivity contribution in [2.24, 2.45) is 23.7 Å². The summed E-state index contributed by atoms with van der Waals surface area (Å²) in [6.07, 6.45) is -3.06. The molecule has 13 atom stereocenters. The van der Waals surface area contributed by atoms with Gasteiger partial charge in [-0.2, -0.15) is 0 Å². The maximum absolute atomic E-state index is 14.9. The average molecular weight is 764 g/mol. The van der Waals surface area contributed by atoms with Crippen molar-refractivity contribution in [3.63, 3.8) is 0 Å². The number of ketones is 2. The monoisotopic (exact) mass is 763 g/mol. The molecule has 0 saturated carbocycles. The molecule has 1 aromatic carbocycles. The lowest BCUT2D eigenvalue weighted by molar-refractivity contribution is -0.295. The van der Waals surface area contributed by atoms with E-state index in [1.807, 2.05) is 56.3 Å². The number of alkyl carbamates (subject to hydrolysis) is 1. The van der Waals surface area contributed by atoms with Crippen molar-refractivity contribution in [1.29, 1.82) is 0 Å². The Balaban J connectivity index is 1.60. The van der Waals surface area contributed by atoms with E-state index in [0.717, 1.165) is 10.9 Å². The quantitative estimate of drug-likeness (QED) is 0.242. The van der Waals surface area contributed by atoms with Gasteiger partial charge in [0.05, 0.1) is 29.4 Å². The minimum Gasteiger partial charge on any atom is -0.457 e. The number of pyridine rings is 1. The summed E-state index contributed by atoms with van der Waals surface area (Å²) in [6.45, 7) is 12.2. The second-order valence-corrected chi connectivity index (χ2v) is 16.1. The SMILES string of the molecule is CC[C@H]1OC(=O)C(CC#Cc2cnc3ccccc3c2)C(=O)[C@H](C)[C@@H](O[C@@H]2O[C@H](C)C[C@H](N(C)C)[C@H]2O)[C@@](C)(OC)C[C@@H](C)C(=O)[C@H](C)[C@H]2NC(=O)O[C@@]21C. The standard InChI is InChI=1S/C42H57N3O10/c1-11-32-42(7)36(44-40(50)55-42)25(4)33(46)23(2)21-41(6,51-10)37(54-39-35(48)31(45(8)9)19-24(3)52-39)26(5)34(47)29(38(49)53-32)17-14-15-27-20-28-16-12-13-18-30(28)43-22-27/h12-13,16,18,20,22-26,29,31-32,35-37,39,48H,11,17,19,21H2,1-10H3,(H,44,50)/t23-,24-,25+,26+,29?,31+,32-,35-,36-,37-,39+,41+,42-/m1/s1. The Morgan fingerprint density at radius 3 is 2.44 bits per heavy atom. The number of hydrogen-bond acceptors (Lipinski definition) is 12. The molecule has 13 heteroatoms. The van der Waals surface area contributed by atoms with E-state index in [-0.39, 0.29) is 37.2 Å². The number of ether oxygens (including phenoxy) is 5. The molecule has 55 heavy (non-hydrogen) atoms. The predicted molar refractivity (Wildman–Crippen MR) is 204 cm³/mol. The number of hydrogen-bond donors (Lipinski definition) is 2. The number of methoxy groups -OCH3 is 1. The molecule has 0 bridgehead atoms. The highest BCUT2D eigenvalue weighted by molar-refractivity contribution is 6.01. The topological polar surface area (TPSA) is 163 Å². The molecule has 3 saturated heterocycles. The Morgan fingerprint density at radius 1 is 1.05 bits per heavy atom. The third-order valence-electron chi connectivity index (χ3n) is 11.9. The zero-order valence-electron chi connectivity index (χ0n) is 33.7. The zero-order valence-corrected chi connectivity index (χ0v) is 33.7. The van der Waals surface area contributed by atoms with Gasteiger partial charge in [0.1, 0.15) is 23.9 Å². The van der Waals surface area contributed by atoms with Crippen LogP contribution in [0.25, 0.3) is 10.9 Å². The zero-order chi connectivity index (χ0) is 40.4. The Labute approximate surface area is 324 Å². The van der Waals surface area contributed by atoms with Crippen LogP contribution in [0.15, 0.2) is 36.5 Å². The van der Waals surface area contributed by atoms with Crippen LogP contribution in [0.2, 0.25) is 0 Å². The molecule has 3 fully saturated rings. The summed E-state index contributed by atoms with van der Waals surface area (Å²) in [4.78, 5) is 62.7. The second-order valence-electron chi connectivity index (χ2n) is 16.1. The van der Waals surface area contributed by atoms with Crippen LogP contribution in [0.3, 0.4) is 0 Å². The number of amides is 1.